The molecule has 1 fully saturated rings. The van der Waals surface area contributed by atoms with Crippen LogP contribution < -0.4 is 20.9 Å². The van der Waals surface area contributed by atoms with E-state index in [1.54, 1.807) is 24.3 Å². The first-order valence-electron chi connectivity index (χ1n) is 12.0. The quantitative estimate of drug-likeness (QED) is 0.198. The van der Waals surface area contributed by atoms with Gasteiger partial charge in [0.1, 0.15) is 23.7 Å². The van der Waals surface area contributed by atoms with Crippen LogP contribution in [0.15, 0.2) is 55.4 Å². The van der Waals surface area contributed by atoms with Crippen molar-refractivity contribution in [1.82, 2.24) is 15.4 Å². The number of nitrogens with zero attached hydrogens (tertiary/aromatic N) is 2. The molecule has 10 nitrogen and oxygen atoms in total. The van der Waals surface area contributed by atoms with Crippen LogP contribution in [0.5, 0.6) is 5.75 Å². The molecule has 11 heteroatoms. The van der Waals surface area contributed by atoms with E-state index < -0.39 is 12.2 Å². The summed E-state index contributed by atoms with van der Waals surface area (Å²) in [7, 11) is 0. The average molecular weight is 510 g/mol. The van der Waals surface area contributed by atoms with E-state index in [4.69, 9.17) is 14.3 Å². The monoisotopic (exact) mass is 509 g/mol. The minimum atomic E-state index is -0.421. The molecular formula is C26H28FN5O5. The molecule has 37 heavy (non-hydrogen) atoms. The summed E-state index contributed by atoms with van der Waals surface area (Å²) in [4.78, 5) is 38.0. The lowest BCUT2D eigenvalue weighted by molar-refractivity contribution is -0.200. The fourth-order valence-electron chi connectivity index (χ4n) is 3.66. The van der Waals surface area contributed by atoms with Crippen molar-refractivity contribution in [2.45, 2.75) is 38.4 Å². The van der Waals surface area contributed by atoms with Crippen LogP contribution >= 0.6 is 0 Å². The third-order valence-corrected chi connectivity index (χ3v) is 5.53. The zero-order valence-corrected chi connectivity index (χ0v) is 20.2. The van der Waals surface area contributed by atoms with E-state index in [0.717, 1.165) is 25.3 Å². The summed E-state index contributed by atoms with van der Waals surface area (Å²) in [5.74, 6) is -0.203. The molecule has 2 heterocycles. The van der Waals surface area contributed by atoms with Crippen molar-refractivity contribution in [3.05, 3.63) is 61.2 Å². The second-order valence-electron chi connectivity index (χ2n) is 8.30. The van der Waals surface area contributed by atoms with E-state index in [9.17, 15) is 14.0 Å². The summed E-state index contributed by atoms with van der Waals surface area (Å²) >= 11 is 0. The number of nitrogens with one attached hydrogen (secondary N) is 3. The molecule has 0 spiro atoms. The van der Waals surface area contributed by atoms with Gasteiger partial charge < -0.3 is 20.1 Å². The lowest BCUT2D eigenvalue weighted by Crippen LogP contribution is -2.33. The van der Waals surface area contributed by atoms with Gasteiger partial charge in [0.05, 0.1) is 17.8 Å². The number of halogens is 1. The minimum absolute atomic E-state index is 0.183. The maximum absolute atomic E-state index is 13.3. The van der Waals surface area contributed by atoms with Gasteiger partial charge in [-0.05, 0) is 55.7 Å². The first-order valence-corrected chi connectivity index (χ1v) is 12.0. The van der Waals surface area contributed by atoms with Crippen molar-refractivity contribution >= 4 is 39.9 Å². The Balaban J connectivity index is 1.42. The summed E-state index contributed by atoms with van der Waals surface area (Å²) in [6.45, 7) is 4.32. The molecule has 0 saturated carbocycles. The molecule has 2 amide bonds. The molecule has 1 unspecified atom stereocenters. The summed E-state index contributed by atoms with van der Waals surface area (Å²) in [6, 6.07) is 9.21. The minimum Gasteiger partial charge on any atom is -0.491 e. The molecule has 0 radical (unpaired) electrons. The molecule has 3 aromatic rings. The predicted octanol–water partition coefficient (Wildman–Crippen LogP) is 4.37. The van der Waals surface area contributed by atoms with Crippen LogP contribution in [-0.2, 0) is 19.2 Å². The van der Waals surface area contributed by atoms with Crippen LogP contribution in [0.2, 0.25) is 0 Å². The molecular weight excluding hydrogens is 481 g/mol. The Labute approximate surface area is 213 Å². The van der Waals surface area contributed by atoms with E-state index in [-0.39, 0.29) is 24.8 Å². The number of hydrogen-bond acceptors (Lipinski definition) is 8. The smallest absolute Gasteiger partial charge is 0.247 e. The maximum atomic E-state index is 13.3. The Hall–Kier alpha value is -4.09. The number of amides is 2. The highest BCUT2D eigenvalue weighted by Gasteiger charge is 2.16. The van der Waals surface area contributed by atoms with Gasteiger partial charge >= 0.3 is 0 Å². The number of ether oxygens (including phenoxy) is 2. The van der Waals surface area contributed by atoms with E-state index >= 15 is 0 Å². The summed E-state index contributed by atoms with van der Waals surface area (Å²) in [5.41, 5.74) is 4.00. The van der Waals surface area contributed by atoms with Crippen LogP contribution in [-0.4, -0.2) is 41.3 Å². The SMILES string of the molecule is C=CC(=O)Nc1cc2c(Nc3ccc(F)cc3)ncnc2cc1OCCCC(=O)NOC1CCCCO1. The number of benzene rings is 2. The van der Waals surface area contributed by atoms with E-state index in [0.29, 0.717) is 46.9 Å². The maximum Gasteiger partial charge on any atom is 0.247 e. The number of hydroxylamine groups is 1. The van der Waals surface area contributed by atoms with Crippen molar-refractivity contribution < 1.29 is 28.3 Å². The largest absolute Gasteiger partial charge is 0.491 e. The number of aromatic nitrogens is 2. The lowest BCUT2D eigenvalue weighted by atomic mass is 10.1. The average Bonchev–Trinajstić information content (AvgIpc) is 2.92. The van der Waals surface area contributed by atoms with Gasteiger partial charge in [0.2, 0.25) is 11.8 Å². The van der Waals surface area contributed by atoms with Crippen LogP contribution in [0.1, 0.15) is 32.1 Å². The fraction of sp³-hybridized carbons (Fsp3) is 0.308. The Kier molecular flexibility index (Phi) is 8.95. The molecule has 194 valence electrons. The van der Waals surface area contributed by atoms with Gasteiger partial charge in [0, 0.05) is 36.6 Å². The standard InChI is InChI=1S/C26H28FN5O5/c1-2-23(33)31-21-14-19-20(28-16-29-26(19)30-18-10-8-17(27)9-11-18)15-22(21)35-13-5-6-24(34)32-37-25-7-3-4-12-36-25/h2,8-11,14-16,25H,1,3-7,12-13H2,(H,31,33)(H,32,34)(H,28,29,30). The first kappa shape index (κ1) is 26.0. The molecule has 0 aliphatic carbocycles. The number of fused-ring (bicyclic) bond motifs is 1. The zero-order chi connectivity index (χ0) is 26.0. The number of carbonyl (C=O) groups is 2. The number of rotatable bonds is 11. The van der Waals surface area contributed by atoms with Crippen LogP contribution in [0, 0.1) is 5.82 Å². The van der Waals surface area contributed by atoms with E-state index in [2.05, 4.69) is 32.7 Å². The molecule has 2 aromatic carbocycles. The third kappa shape index (κ3) is 7.45. The zero-order valence-electron chi connectivity index (χ0n) is 20.2. The van der Waals surface area contributed by atoms with Crippen molar-refractivity contribution in [2.75, 3.05) is 23.8 Å². The van der Waals surface area contributed by atoms with Gasteiger partial charge in [-0.1, -0.05) is 6.58 Å². The predicted molar refractivity (Wildman–Crippen MR) is 136 cm³/mol. The van der Waals surface area contributed by atoms with Crippen LogP contribution in [0.4, 0.5) is 21.6 Å². The Morgan fingerprint density at radius 1 is 1.19 bits per heavy atom. The van der Waals surface area contributed by atoms with Crippen molar-refractivity contribution in [1.29, 1.82) is 0 Å². The Morgan fingerprint density at radius 3 is 2.78 bits per heavy atom. The third-order valence-electron chi connectivity index (χ3n) is 5.53. The van der Waals surface area contributed by atoms with Crippen molar-refractivity contribution in [3.63, 3.8) is 0 Å². The molecule has 1 aliphatic heterocycles. The number of anilines is 3. The summed E-state index contributed by atoms with van der Waals surface area (Å²) in [6.07, 6.45) is 5.46. The van der Waals surface area contributed by atoms with Gasteiger partial charge in [0.25, 0.3) is 0 Å². The Bertz CT molecular complexity index is 1250. The first-order chi connectivity index (χ1) is 18.0. The normalized spacial score (nSPS) is 15.1. The van der Waals surface area contributed by atoms with Crippen molar-refractivity contribution in [3.8, 4) is 5.75 Å². The van der Waals surface area contributed by atoms with Crippen molar-refractivity contribution in [2.24, 2.45) is 0 Å². The molecule has 1 aromatic heterocycles. The molecule has 3 N–H and O–H groups in total. The molecule has 1 aliphatic rings. The Morgan fingerprint density at radius 2 is 2.03 bits per heavy atom. The highest BCUT2D eigenvalue weighted by Crippen LogP contribution is 2.33. The molecule has 0 bridgehead atoms. The van der Waals surface area contributed by atoms with Gasteiger partial charge in [-0.15, -0.1) is 0 Å². The van der Waals surface area contributed by atoms with Gasteiger partial charge in [0.15, 0.2) is 6.29 Å². The second kappa shape index (κ2) is 12.7. The van der Waals surface area contributed by atoms with Gasteiger partial charge in [-0.2, -0.15) is 0 Å². The fourth-order valence-corrected chi connectivity index (χ4v) is 3.66. The van der Waals surface area contributed by atoms with Gasteiger partial charge in [-0.25, -0.2) is 24.7 Å². The van der Waals surface area contributed by atoms with Crippen LogP contribution in [0.3, 0.4) is 0 Å². The lowest BCUT2D eigenvalue weighted by Gasteiger charge is -2.22. The summed E-state index contributed by atoms with van der Waals surface area (Å²) < 4.78 is 24.6. The van der Waals surface area contributed by atoms with Crippen LogP contribution in [0.25, 0.3) is 10.9 Å². The second-order valence-corrected chi connectivity index (χ2v) is 8.30. The number of carbonyl (C=O) groups excluding carboxylic acids is 2. The van der Waals surface area contributed by atoms with E-state index in [1.165, 1.54) is 18.5 Å². The highest BCUT2D eigenvalue weighted by molar-refractivity contribution is 6.03. The van der Waals surface area contributed by atoms with E-state index in [1.807, 2.05) is 0 Å². The molecule has 1 atom stereocenters. The topological polar surface area (TPSA) is 124 Å². The molecule has 4 rings (SSSR count). The summed E-state index contributed by atoms with van der Waals surface area (Å²) in [5, 5.41) is 6.47. The molecule has 1 saturated heterocycles. The highest BCUT2D eigenvalue weighted by atomic mass is 19.1. The van der Waals surface area contributed by atoms with Gasteiger partial charge in [-0.3, -0.25) is 9.59 Å². The number of hydrogen-bond donors (Lipinski definition) is 3.